The molecule has 0 bridgehead atoms. The van der Waals surface area contributed by atoms with Crippen molar-refractivity contribution in [3.63, 3.8) is 0 Å². The fourth-order valence-electron chi connectivity index (χ4n) is 2.58. The summed E-state index contributed by atoms with van der Waals surface area (Å²) < 4.78 is 0. The van der Waals surface area contributed by atoms with Gasteiger partial charge in [0.2, 0.25) is 11.8 Å². The van der Waals surface area contributed by atoms with Crippen LogP contribution in [0.3, 0.4) is 0 Å². The molecule has 1 aromatic carbocycles. The van der Waals surface area contributed by atoms with Crippen LogP contribution in [0.4, 0.5) is 0 Å². The Morgan fingerprint density at radius 2 is 2.05 bits per heavy atom. The van der Waals surface area contributed by atoms with E-state index in [2.05, 4.69) is 0 Å². The first-order valence-corrected chi connectivity index (χ1v) is 8.36. The molecule has 1 aromatic rings. The number of benzene rings is 1. The molecule has 0 unspecified atom stereocenters. The lowest BCUT2D eigenvalue weighted by Crippen LogP contribution is -2.52. The number of piperidine rings is 1. The maximum Gasteiger partial charge on any atom is 0.240 e. The number of likely N-dealkylation sites (tertiary alicyclic amines) is 1. The van der Waals surface area contributed by atoms with E-state index >= 15 is 0 Å². The van der Waals surface area contributed by atoms with Crippen LogP contribution < -0.4 is 5.73 Å². The molecule has 1 aliphatic heterocycles. The van der Waals surface area contributed by atoms with Crippen LogP contribution in [0.1, 0.15) is 26.2 Å². The predicted molar refractivity (Wildman–Crippen MR) is 84.9 cm³/mol. The number of nitrogens with zero attached hydrogens (tertiary/aromatic N) is 1. The van der Waals surface area contributed by atoms with Gasteiger partial charge < -0.3 is 10.6 Å². The van der Waals surface area contributed by atoms with Gasteiger partial charge in [-0.15, -0.1) is 11.8 Å². The van der Waals surface area contributed by atoms with Crippen molar-refractivity contribution in [1.29, 1.82) is 0 Å². The molecule has 0 saturated carbocycles. The molecule has 2 N–H and O–H groups in total. The Balaban J connectivity index is 1.93. The summed E-state index contributed by atoms with van der Waals surface area (Å²) in [7, 11) is 0. The van der Waals surface area contributed by atoms with E-state index in [1.54, 1.807) is 16.7 Å². The Kier molecular flexibility index (Phi) is 5.67. The highest BCUT2D eigenvalue weighted by Crippen LogP contribution is 2.24. The highest BCUT2D eigenvalue weighted by atomic mass is 32.2. The zero-order chi connectivity index (χ0) is 15.2. The molecule has 2 amide bonds. The van der Waals surface area contributed by atoms with E-state index in [1.165, 1.54) is 0 Å². The standard InChI is InChI=1S/C16H22N2O2S/c1-12(11-21-13-7-3-2-4-8-13)16(20)18-10-6-5-9-14(18)15(17)19/h2-4,7-8,12,14H,5-6,9-11H2,1H3,(H2,17,19)/t12-,14-/m0/s1. The Morgan fingerprint density at radius 1 is 1.33 bits per heavy atom. The number of carbonyl (C=O) groups is 2. The van der Waals surface area contributed by atoms with Crippen molar-refractivity contribution in [1.82, 2.24) is 4.90 Å². The van der Waals surface area contributed by atoms with Crippen LogP contribution >= 0.6 is 11.8 Å². The average Bonchev–Trinajstić information content (AvgIpc) is 2.52. The maximum atomic E-state index is 12.5. The first-order chi connectivity index (χ1) is 10.1. The van der Waals surface area contributed by atoms with Gasteiger partial charge in [-0.3, -0.25) is 9.59 Å². The summed E-state index contributed by atoms with van der Waals surface area (Å²) in [5.41, 5.74) is 5.42. The third kappa shape index (κ3) is 4.24. The number of thioether (sulfide) groups is 1. The van der Waals surface area contributed by atoms with Gasteiger partial charge in [0.05, 0.1) is 0 Å². The first kappa shape index (κ1) is 15.9. The van der Waals surface area contributed by atoms with Gasteiger partial charge in [-0.25, -0.2) is 0 Å². The number of nitrogens with two attached hydrogens (primary N) is 1. The van der Waals surface area contributed by atoms with Crippen molar-refractivity contribution >= 4 is 23.6 Å². The summed E-state index contributed by atoms with van der Waals surface area (Å²) in [6.07, 6.45) is 2.61. The van der Waals surface area contributed by atoms with Gasteiger partial charge in [0.1, 0.15) is 6.04 Å². The van der Waals surface area contributed by atoms with Crippen molar-refractivity contribution in [3.05, 3.63) is 30.3 Å². The lowest BCUT2D eigenvalue weighted by molar-refractivity contribution is -0.143. The van der Waals surface area contributed by atoms with E-state index in [-0.39, 0.29) is 17.7 Å². The Morgan fingerprint density at radius 3 is 2.71 bits per heavy atom. The molecule has 1 heterocycles. The molecule has 1 aliphatic rings. The summed E-state index contributed by atoms with van der Waals surface area (Å²) in [6.45, 7) is 2.57. The molecule has 1 saturated heterocycles. The van der Waals surface area contributed by atoms with Crippen LogP contribution in [-0.4, -0.2) is 35.1 Å². The molecule has 0 spiro atoms. The normalized spacial score (nSPS) is 20.0. The van der Waals surface area contributed by atoms with E-state index in [0.717, 1.165) is 17.7 Å². The zero-order valence-electron chi connectivity index (χ0n) is 12.3. The Labute approximate surface area is 130 Å². The van der Waals surface area contributed by atoms with Gasteiger partial charge in [-0.2, -0.15) is 0 Å². The minimum absolute atomic E-state index is 0.0435. The topological polar surface area (TPSA) is 63.4 Å². The molecule has 21 heavy (non-hydrogen) atoms. The van der Waals surface area contributed by atoms with E-state index in [9.17, 15) is 9.59 Å². The lowest BCUT2D eigenvalue weighted by Gasteiger charge is -2.35. The van der Waals surface area contributed by atoms with E-state index in [1.807, 2.05) is 37.3 Å². The summed E-state index contributed by atoms with van der Waals surface area (Å²) in [5.74, 6) is 0.258. The minimum atomic E-state index is -0.421. The highest BCUT2D eigenvalue weighted by molar-refractivity contribution is 7.99. The first-order valence-electron chi connectivity index (χ1n) is 7.37. The Hall–Kier alpha value is -1.49. The van der Waals surface area contributed by atoms with Crippen LogP contribution in [0.15, 0.2) is 35.2 Å². The van der Waals surface area contributed by atoms with Crippen LogP contribution in [0.2, 0.25) is 0 Å². The van der Waals surface area contributed by atoms with Gasteiger partial charge in [0, 0.05) is 23.1 Å². The van der Waals surface area contributed by atoms with E-state index in [4.69, 9.17) is 5.73 Å². The number of primary amides is 1. The summed E-state index contributed by atoms with van der Waals surface area (Å²) in [5, 5.41) is 0. The summed E-state index contributed by atoms with van der Waals surface area (Å²) >= 11 is 1.67. The number of amides is 2. The van der Waals surface area contributed by atoms with Crippen LogP contribution in [0.5, 0.6) is 0 Å². The van der Waals surface area contributed by atoms with Crippen molar-refractivity contribution in [2.45, 2.75) is 37.1 Å². The van der Waals surface area contributed by atoms with Gasteiger partial charge in [-0.05, 0) is 31.4 Å². The van der Waals surface area contributed by atoms with Gasteiger partial charge >= 0.3 is 0 Å². The molecular weight excluding hydrogens is 284 g/mol. The molecule has 2 rings (SSSR count). The molecule has 2 atom stereocenters. The second-order valence-electron chi connectivity index (χ2n) is 5.47. The molecule has 4 nitrogen and oxygen atoms in total. The van der Waals surface area contributed by atoms with Gasteiger partial charge in [-0.1, -0.05) is 25.1 Å². The largest absolute Gasteiger partial charge is 0.368 e. The highest BCUT2D eigenvalue weighted by Gasteiger charge is 2.32. The Bertz CT molecular complexity index is 492. The second-order valence-corrected chi connectivity index (χ2v) is 6.56. The fourth-order valence-corrected chi connectivity index (χ4v) is 3.52. The average molecular weight is 306 g/mol. The van der Waals surface area contributed by atoms with Crippen LogP contribution in [0.25, 0.3) is 0 Å². The van der Waals surface area contributed by atoms with Crippen molar-refractivity contribution in [3.8, 4) is 0 Å². The number of hydrogen-bond acceptors (Lipinski definition) is 3. The maximum absolute atomic E-state index is 12.5. The van der Waals surface area contributed by atoms with Crippen LogP contribution in [0, 0.1) is 5.92 Å². The zero-order valence-corrected chi connectivity index (χ0v) is 13.1. The molecule has 0 aliphatic carbocycles. The third-order valence-electron chi connectivity index (χ3n) is 3.78. The van der Waals surface area contributed by atoms with Gasteiger partial charge in [0.25, 0.3) is 0 Å². The SMILES string of the molecule is C[C@@H](CSc1ccccc1)C(=O)N1CCCC[C@H]1C(N)=O. The van der Waals surface area contributed by atoms with Crippen molar-refractivity contribution in [2.75, 3.05) is 12.3 Å². The minimum Gasteiger partial charge on any atom is -0.368 e. The second kappa shape index (κ2) is 7.50. The monoisotopic (exact) mass is 306 g/mol. The molecule has 0 radical (unpaired) electrons. The van der Waals surface area contributed by atoms with E-state index in [0.29, 0.717) is 18.7 Å². The molecule has 1 fully saturated rings. The molecule has 0 aromatic heterocycles. The van der Waals surface area contributed by atoms with Gasteiger partial charge in [0.15, 0.2) is 0 Å². The molecule has 114 valence electrons. The fraction of sp³-hybridized carbons (Fsp3) is 0.500. The molecule has 5 heteroatoms. The smallest absolute Gasteiger partial charge is 0.240 e. The number of rotatable bonds is 5. The van der Waals surface area contributed by atoms with E-state index < -0.39 is 6.04 Å². The number of carbonyl (C=O) groups excluding carboxylic acids is 2. The van der Waals surface area contributed by atoms with Crippen LogP contribution in [-0.2, 0) is 9.59 Å². The predicted octanol–water partition coefficient (Wildman–Crippen LogP) is 2.28. The lowest BCUT2D eigenvalue weighted by atomic mass is 9.99. The number of hydrogen-bond donors (Lipinski definition) is 1. The summed E-state index contributed by atoms with van der Waals surface area (Å²) in [6, 6.07) is 9.61. The third-order valence-corrected chi connectivity index (χ3v) is 5.05. The summed E-state index contributed by atoms with van der Waals surface area (Å²) in [4.78, 5) is 26.9. The van der Waals surface area contributed by atoms with Crippen molar-refractivity contribution < 1.29 is 9.59 Å². The van der Waals surface area contributed by atoms with Crippen molar-refractivity contribution in [2.24, 2.45) is 11.7 Å². The molecular formula is C16H22N2O2S. The quantitative estimate of drug-likeness (QED) is 0.849.